The van der Waals surface area contributed by atoms with Gasteiger partial charge in [-0.05, 0) is 47.6 Å². The van der Waals surface area contributed by atoms with Crippen molar-refractivity contribution in [3.8, 4) is 0 Å². The number of nitrogens with zero attached hydrogens (tertiary/aromatic N) is 1. The molecule has 0 unspecified atom stereocenters. The third-order valence-electron chi connectivity index (χ3n) is 3.48. The second kappa shape index (κ2) is 12.5. The molecule has 0 aliphatic heterocycles. The Morgan fingerprint density at radius 3 is 2.13 bits per heavy atom. The number of thiocarbonyl (C=S) groups is 1. The first kappa shape index (κ1) is 30.3. The van der Waals surface area contributed by atoms with E-state index in [0.717, 1.165) is 12.1 Å². The van der Waals surface area contributed by atoms with Crippen LogP contribution in [0.5, 0.6) is 0 Å². The number of isothiocyanates is 1. The minimum Gasteiger partial charge on any atom is -0.744 e. The molecule has 9 nitrogen and oxygen atoms in total. The molecule has 2 rings (SSSR count). The predicted octanol–water partition coefficient (Wildman–Crippen LogP) is -3.63. The molecule has 0 saturated heterocycles. The van der Waals surface area contributed by atoms with E-state index in [9.17, 15) is 30.7 Å². The second-order valence-electron chi connectivity index (χ2n) is 5.61. The Hall–Kier alpha value is -0.730. The standard InChI is InChI=1S/C17H14N2O7S3.2Na/c1-11(20)19-14-6-5-13(16(9-14)28(21,22)23)4-2-12-3-7-15(18-10-27)17(8-12)29(24,25)26;;/h2-9H,1H3,(H,19,20)(H,21,22,23)(H,24,25,26);;/q;2*+1/p-2/b4-2+;;. The van der Waals surface area contributed by atoms with Crippen molar-refractivity contribution in [2.45, 2.75) is 16.7 Å². The first-order valence-electron chi connectivity index (χ1n) is 7.65. The smallest absolute Gasteiger partial charge is 0.744 e. The van der Waals surface area contributed by atoms with Crippen LogP contribution in [0.3, 0.4) is 0 Å². The van der Waals surface area contributed by atoms with E-state index in [1.165, 1.54) is 43.3 Å². The number of anilines is 1. The van der Waals surface area contributed by atoms with E-state index >= 15 is 0 Å². The average Bonchev–Trinajstić information content (AvgIpc) is 2.59. The van der Waals surface area contributed by atoms with Gasteiger partial charge in [0, 0.05) is 12.6 Å². The van der Waals surface area contributed by atoms with Crippen LogP contribution in [0.1, 0.15) is 18.1 Å². The number of carbonyl (C=O) groups excluding carboxylic acids is 1. The predicted molar refractivity (Wildman–Crippen MR) is 107 cm³/mol. The number of rotatable bonds is 6. The maximum absolute atomic E-state index is 11.6. The normalized spacial score (nSPS) is 11.1. The maximum Gasteiger partial charge on any atom is 1.00 e. The van der Waals surface area contributed by atoms with Gasteiger partial charge in [0.1, 0.15) is 20.2 Å². The zero-order chi connectivity index (χ0) is 21.8. The van der Waals surface area contributed by atoms with E-state index in [1.54, 1.807) is 0 Å². The Morgan fingerprint density at radius 1 is 1.00 bits per heavy atom. The number of hydrogen-bond acceptors (Lipinski definition) is 9. The van der Waals surface area contributed by atoms with Crippen molar-refractivity contribution >= 4 is 67.0 Å². The topological polar surface area (TPSA) is 156 Å². The van der Waals surface area contributed by atoms with E-state index in [4.69, 9.17) is 0 Å². The molecule has 0 aliphatic rings. The molecule has 14 heteroatoms. The summed E-state index contributed by atoms with van der Waals surface area (Å²) >= 11 is 4.41. The zero-order valence-corrected chi connectivity index (χ0v) is 23.1. The van der Waals surface area contributed by atoms with Crippen molar-refractivity contribution < 1.29 is 89.9 Å². The molecule has 0 atom stereocenters. The number of carbonyl (C=O) groups is 1. The fourth-order valence-electron chi connectivity index (χ4n) is 2.33. The molecule has 31 heavy (non-hydrogen) atoms. The molecular weight excluding hydrogens is 486 g/mol. The SMILES string of the molecule is CC(=O)Nc1ccc(/C=C/c2ccc(N=C=S)c(S(=O)(=O)[O-])c2)c(S(=O)(=O)[O-])c1.[Na+].[Na+]. The summed E-state index contributed by atoms with van der Waals surface area (Å²) in [5.74, 6) is -0.451. The summed E-state index contributed by atoms with van der Waals surface area (Å²) in [5, 5.41) is 4.34. The van der Waals surface area contributed by atoms with Gasteiger partial charge in [0.25, 0.3) is 0 Å². The second-order valence-corrected chi connectivity index (χ2v) is 8.48. The van der Waals surface area contributed by atoms with Crippen LogP contribution in [-0.2, 0) is 25.0 Å². The summed E-state index contributed by atoms with van der Waals surface area (Å²) in [7, 11) is -9.73. The van der Waals surface area contributed by atoms with Crippen LogP contribution in [0.2, 0.25) is 0 Å². The molecule has 2 aromatic rings. The van der Waals surface area contributed by atoms with Crippen molar-refractivity contribution in [3.63, 3.8) is 0 Å². The Kier molecular flexibility index (Phi) is 12.2. The van der Waals surface area contributed by atoms with E-state index in [2.05, 4.69) is 22.5 Å². The fourth-order valence-corrected chi connectivity index (χ4v) is 3.78. The summed E-state index contributed by atoms with van der Waals surface area (Å²) < 4.78 is 68.9. The minimum absolute atomic E-state index is 0. The molecule has 0 aliphatic carbocycles. The van der Waals surface area contributed by atoms with Gasteiger partial charge in [-0.25, -0.2) is 16.8 Å². The van der Waals surface area contributed by atoms with Crippen LogP contribution in [0.15, 0.2) is 51.2 Å². The number of amides is 1. The Labute approximate surface area is 229 Å². The van der Waals surface area contributed by atoms with E-state index in [0.29, 0.717) is 0 Å². The van der Waals surface area contributed by atoms with Crippen LogP contribution >= 0.6 is 12.2 Å². The van der Waals surface area contributed by atoms with E-state index in [-0.39, 0.29) is 81.6 Å². The van der Waals surface area contributed by atoms with Gasteiger partial charge in [0.15, 0.2) is 0 Å². The quantitative estimate of drug-likeness (QED) is 0.141. The molecule has 152 valence electrons. The van der Waals surface area contributed by atoms with Crippen LogP contribution in [0.4, 0.5) is 11.4 Å². The molecule has 0 saturated carbocycles. The summed E-state index contributed by atoms with van der Waals surface area (Å²) in [6.45, 7) is 1.22. The van der Waals surface area contributed by atoms with Crippen molar-refractivity contribution in [3.05, 3.63) is 47.5 Å². The molecule has 0 aromatic heterocycles. The van der Waals surface area contributed by atoms with Gasteiger partial charge in [-0.15, -0.1) is 0 Å². The minimum atomic E-state index is -4.87. The maximum atomic E-state index is 11.6. The van der Waals surface area contributed by atoms with Gasteiger partial charge < -0.3 is 14.4 Å². The number of benzene rings is 2. The molecular formula is C17H12N2Na2O7S3. The zero-order valence-electron chi connectivity index (χ0n) is 16.6. The van der Waals surface area contributed by atoms with E-state index in [1.807, 2.05) is 5.16 Å². The molecule has 0 heterocycles. The van der Waals surface area contributed by atoms with Crippen molar-refractivity contribution in [2.24, 2.45) is 4.99 Å². The first-order chi connectivity index (χ1) is 13.4. The molecule has 0 fully saturated rings. The van der Waals surface area contributed by atoms with Gasteiger partial charge in [0.05, 0.1) is 20.6 Å². The summed E-state index contributed by atoms with van der Waals surface area (Å²) in [5.41, 5.74) is 0.158. The number of aliphatic imine (C=N–C) groups is 1. The first-order valence-corrected chi connectivity index (χ1v) is 10.9. The number of nitrogens with one attached hydrogen (secondary N) is 1. The van der Waals surface area contributed by atoms with Crippen LogP contribution in [0, 0.1) is 0 Å². The van der Waals surface area contributed by atoms with Gasteiger partial charge >= 0.3 is 59.1 Å². The monoisotopic (exact) mass is 498 g/mol. The van der Waals surface area contributed by atoms with Gasteiger partial charge in [-0.2, -0.15) is 4.99 Å². The van der Waals surface area contributed by atoms with Crippen LogP contribution < -0.4 is 64.4 Å². The molecule has 2 aromatic carbocycles. The average molecular weight is 498 g/mol. The van der Waals surface area contributed by atoms with Gasteiger partial charge in [0.2, 0.25) is 5.91 Å². The molecule has 0 radical (unpaired) electrons. The van der Waals surface area contributed by atoms with Crippen molar-refractivity contribution in [1.82, 2.24) is 0 Å². The third kappa shape index (κ3) is 8.97. The Balaban J connectivity index is 0.00000450. The van der Waals surface area contributed by atoms with Gasteiger partial charge in [-0.3, -0.25) is 4.79 Å². The fraction of sp³-hybridized carbons (Fsp3) is 0.0588. The molecule has 0 spiro atoms. The Bertz CT molecular complexity index is 1270. The largest absolute Gasteiger partial charge is 1.00 e. The number of hydrogen-bond donors (Lipinski definition) is 1. The van der Waals surface area contributed by atoms with Crippen LogP contribution in [-0.4, -0.2) is 37.0 Å². The summed E-state index contributed by atoms with van der Waals surface area (Å²) in [4.78, 5) is 13.4. The van der Waals surface area contributed by atoms with Gasteiger partial charge in [-0.1, -0.05) is 24.3 Å². The molecule has 1 N–H and O–H groups in total. The molecule has 0 bridgehead atoms. The molecule has 1 amide bonds. The van der Waals surface area contributed by atoms with E-state index < -0.39 is 35.9 Å². The van der Waals surface area contributed by atoms with Crippen molar-refractivity contribution in [2.75, 3.05) is 5.32 Å². The Morgan fingerprint density at radius 2 is 1.61 bits per heavy atom. The summed E-state index contributed by atoms with van der Waals surface area (Å²) in [6, 6.07) is 7.36. The van der Waals surface area contributed by atoms with Crippen molar-refractivity contribution in [1.29, 1.82) is 0 Å². The summed E-state index contributed by atoms with van der Waals surface area (Å²) in [6.07, 6.45) is 2.56. The third-order valence-corrected chi connectivity index (χ3v) is 5.33. The van der Waals surface area contributed by atoms with Crippen LogP contribution in [0.25, 0.3) is 12.2 Å².